The first-order chi connectivity index (χ1) is 31.0. The van der Waals surface area contributed by atoms with Crippen molar-refractivity contribution < 1.29 is 0 Å². The van der Waals surface area contributed by atoms with Gasteiger partial charge in [0.05, 0.1) is 0 Å². The molecule has 0 fully saturated rings. The van der Waals surface area contributed by atoms with Crippen molar-refractivity contribution in [2.45, 2.75) is 57.8 Å². The maximum Gasteiger partial charge on any atom is 0.0471 e. The topological polar surface area (TPSA) is 3.24 Å². The van der Waals surface area contributed by atoms with Gasteiger partial charge in [-0.1, -0.05) is 193 Å². The summed E-state index contributed by atoms with van der Waals surface area (Å²) in [7, 11) is 0. The van der Waals surface area contributed by atoms with Crippen molar-refractivity contribution in [2.24, 2.45) is 0 Å². The number of rotatable bonds is 6. The molecule has 0 spiro atoms. The van der Waals surface area contributed by atoms with Gasteiger partial charge in [0.2, 0.25) is 0 Å². The van der Waals surface area contributed by atoms with Crippen LogP contribution in [0.3, 0.4) is 0 Å². The van der Waals surface area contributed by atoms with Gasteiger partial charge in [0.15, 0.2) is 0 Å². The van der Waals surface area contributed by atoms with Crippen molar-refractivity contribution >= 4 is 17.1 Å². The van der Waals surface area contributed by atoms with Crippen LogP contribution in [-0.2, 0) is 16.2 Å². The van der Waals surface area contributed by atoms with Crippen LogP contribution < -0.4 is 4.90 Å². The number of anilines is 3. The molecule has 0 aliphatic heterocycles. The first kappa shape index (κ1) is 38.5. The summed E-state index contributed by atoms with van der Waals surface area (Å²) in [6, 6.07) is 75.0. The Balaban J connectivity index is 1.09. The van der Waals surface area contributed by atoms with Gasteiger partial charge >= 0.3 is 0 Å². The molecule has 12 rings (SSSR count). The van der Waals surface area contributed by atoms with Crippen LogP contribution in [0.25, 0.3) is 66.8 Å². The summed E-state index contributed by atoms with van der Waals surface area (Å²) in [5.41, 5.74) is 26.7. The van der Waals surface area contributed by atoms with Gasteiger partial charge in [-0.3, -0.25) is 0 Å². The van der Waals surface area contributed by atoms with Gasteiger partial charge in [-0.25, -0.2) is 0 Å². The van der Waals surface area contributed by atoms with Crippen LogP contribution in [0.15, 0.2) is 200 Å². The second-order valence-electron chi connectivity index (χ2n) is 19.7. The summed E-state index contributed by atoms with van der Waals surface area (Å²) < 4.78 is 0. The van der Waals surface area contributed by atoms with E-state index in [0.29, 0.717) is 0 Å². The van der Waals surface area contributed by atoms with Gasteiger partial charge in [-0.2, -0.15) is 0 Å². The van der Waals surface area contributed by atoms with Crippen LogP contribution >= 0.6 is 0 Å². The van der Waals surface area contributed by atoms with E-state index in [9.17, 15) is 0 Å². The molecule has 1 nitrogen and oxygen atoms in total. The Hall–Kier alpha value is -7.22. The number of nitrogens with zero attached hydrogens (tertiary/aromatic N) is 1. The molecule has 3 aliphatic rings. The third-order valence-corrected chi connectivity index (χ3v) is 15.1. The Morgan fingerprint density at radius 3 is 1.34 bits per heavy atom. The van der Waals surface area contributed by atoms with Crippen molar-refractivity contribution in [3.05, 3.63) is 234 Å². The van der Waals surface area contributed by atoms with Gasteiger partial charge in [-0.05, 0) is 149 Å². The maximum atomic E-state index is 2.57. The van der Waals surface area contributed by atoms with E-state index < -0.39 is 0 Å². The van der Waals surface area contributed by atoms with E-state index >= 15 is 0 Å². The van der Waals surface area contributed by atoms with Crippen LogP contribution in [0.2, 0.25) is 0 Å². The minimum Gasteiger partial charge on any atom is -0.310 e. The second-order valence-corrected chi connectivity index (χ2v) is 19.7. The van der Waals surface area contributed by atoms with Crippen molar-refractivity contribution in [2.75, 3.05) is 4.90 Å². The van der Waals surface area contributed by atoms with E-state index in [1.165, 1.54) is 100 Å². The highest BCUT2D eigenvalue weighted by Crippen LogP contribution is 2.60. The lowest BCUT2D eigenvalue weighted by atomic mass is 9.79. The highest BCUT2D eigenvalue weighted by atomic mass is 15.1. The Labute approximate surface area is 378 Å². The molecule has 64 heavy (non-hydrogen) atoms. The molecule has 0 aromatic heterocycles. The fourth-order valence-corrected chi connectivity index (χ4v) is 11.7. The summed E-state index contributed by atoms with van der Waals surface area (Å²) in [6.07, 6.45) is 0. The van der Waals surface area contributed by atoms with Crippen LogP contribution in [0.5, 0.6) is 0 Å². The highest BCUT2D eigenvalue weighted by molar-refractivity contribution is 6.00. The van der Waals surface area contributed by atoms with E-state index in [1.807, 2.05) is 0 Å². The van der Waals surface area contributed by atoms with E-state index in [2.05, 4.69) is 247 Å². The standard InChI is InChI=1S/C63H51N/c1-61(2)53-27-17-16-25-48(53)49-34-33-45(36-55(49)61)64(44-31-29-41(30-32-44)40-19-10-7-11-20-40)46-35-50(43-23-14-9-15-24-43)60-52-39-56-51(38-57(52)63(5,6)58(60)37-46)59-47(42-21-12-8-13-22-42)26-18-28-54(59)62(56,3)4/h7-39H,1-6H3. The normalized spacial score (nSPS) is 15.1. The van der Waals surface area contributed by atoms with E-state index in [4.69, 9.17) is 0 Å². The molecule has 0 heterocycles. The summed E-state index contributed by atoms with van der Waals surface area (Å²) >= 11 is 0. The number of benzene rings is 9. The first-order valence-electron chi connectivity index (χ1n) is 22.8. The van der Waals surface area contributed by atoms with Gasteiger partial charge in [0, 0.05) is 33.3 Å². The van der Waals surface area contributed by atoms with Crippen molar-refractivity contribution in [3.63, 3.8) is 0 Å². The number of hydrogen-bond donors (Lipinski definition) is 0. The molecule has 0 radical (unpaired) electrons. The summed E-state index contributed by atoms with van der Waals surface area (Å²) in [5.74, 6) is 0. The zero-order valence-corrected chi connectivity index (χ0v) is 37.5. The summed E-state index contributed by atoms with van der Waals surface area (Å²) in [5, 5.41) is 0. The fraction of sp³-hybridized carbons (Fsp3) is 0.143. The number of hydrogen-bond acceptors (Lipinski definition) is 1. The molecule has 3 aliphatic carbocycles. The molecule has 0 saturated heterocycles. The molecule has 9 aromatic carbocycles. The minimum absolute atomic E-state index is 0.130. The highest BCUT2D eigenvalue weighted by Gasteiger charge is 2.44. The zero-order chi connectivity index (χ0) is 43.5. The predicted molar refractivity (Wildman–Crippen MR) is 270 cm³/mol. The molecular weight excluding hydrogens is 771 g/mol. The van der Waals surface area contributed by atoms with Gasteiger partial charge < -0.3 is 4.90 Å². The molecule has 0 N–H and O–H groups in total. The van der Waals surface area contributed by atoms with Gasteiger partial charge in [0.25, 0.3) is 0 Å². The van der Waals surface area contributed by atoms with E-state index in [1.54, 1.807) is 0 Å². The molecule has 0 unspecified atom stereocenters. The quantitative estimate of drug-likeness (QED) is 0.161. The smallest absolute Gasteiger partial charge is 0.0471 e. The molecule has 308 valence electrons. The first-order valence-corrected chi connectivity index (χ1v) is 22.8. The van der Waals surface area contributed by atoms with Crippen LogP contribution in [0.4, 0.5) is 17.1 Å². The Morgan fingerprint density at radius 1 is 0.250 bits per heavy atom. The largest absolute Gasteiger partial charge is 0.310 e. The second kappa shape index (κ2) is 13.9. The Bertz CT molecular complexity index is 3320. The lowest BCUT2D eigenvalue weighted by molar-refractivity contribution is 0.652. The molecule has 0 saturated carbocycles. The van der Waals surface area contributed by atoms with Gasteiger partial charge in [-0.15, -0.1) is 0 Å². The lowest BCUT2D eigenvalue weighted by Crippen LogP contribution is -2.18. The SMILES string of the molecule is CC1(C)c2ccccc2-c2ccc(N(c3ccc(-c4ccccc4)cc3)c3cc(-c4ccccc4)c4c(c3)C(C)(C)c3cc5c(cc3-4)C(C)(C)c3cccc(-c4ccccc4)c3-5)cc21. The molecule has 0 amide bonds. The monoisotopic (exact) mass is 821 g/mol. The Morgan fingerprint density at radius 2 is 0.688 bits per heavy atom. The minimum atomic E-state index is -0.280. The van der Waals surface area contributed by atoms with Crippen molar-refractivity contribution in [3.8, 4) is 66.8 Å². The third kappa shape index (κ3) is 5.56. The molecule has 9 aromatic rings. The fourth-order valence-electron chi connectivity index (χ4n) is 11.7. The lowest BCUT2D eigenvalue weighted by Gasteiger charge is -2.30. The predicted octanol–water partition coefficient (Wildman–Crippen LogP) is 17.1. The van der Waals surface area contributed by atoms with E-state index in [0.717, 1.165) is 17.1 Å². The summed E-state index contributed by atoms with van der Waals surface area (Å²) in [6.45, 7) is 14.5. The Kier molecular flexibility index (Phi) is 8.35. The van der Waals surface area contributed by atoms with Crippen LogP contribution in [0, 0.1) is 0 Å². The van der Waals surface area contributed by atoms with Crippen molar-refractivity contribution in [1.29, 1.82) is 0 Å². The van der Waals surface area contributed by atoms with Crippen LogP contribution in [-0.4, -0.2) is 0 Å². The van der Waals surface area contributed by atoms with Crippen LogP contribution in [0.1, 0.15) is 74.9 Å². The van der Waals surface area contributed by atoms with Gasteiger partial charge in [0.1, 0.15) is 0 Å². The third-order valence-electron chi connectivity index (χ3n) is 15.1. The zero-order valence-electron chi connectivity index (χ0n) is 37.5. The molecule has 0 atom stereocenters. The average Bonchev–Trinajstić information content (AvgIpc) is 3.81. The molecule has 1 heteroatoms. The van der Waals surface area contributed by atoms with Crippen molar-refractivity contribution in [1.82, 2.24) is 0 Å². The number of fused-ring (bicyclic) bond motifs is 9. The molecular formula is C63H51N. The van der Waals surface area contributed by atoms with E-state index in [-0.39, 0.29) is 16.2 Å². The molecule has 0 bridgehead atoms. The average molecular weight is 822 g/mol. The maximum absolute atomic E-state index is 2.57. The summed E-state index contributed by atoms with van der Waals surface area (Å²) in [4.78, 5) is 2.51.